The fourth-order valence-electron chi connectivity index (χ4n) is 3.47. The van der Waals surface area contributed by atoms with Crippen molar-refractivity contribution < 1.29 is 9.47 Å². The second-order valence-electron chi connectivity index (χ2n) is 8.37. The summed E-state index contributed by atoms with van der Waals surface area (Å²) in [5.74, 6) is 3.01. The van der Waals surface area contributed by atoms with E-state index in [-0.39, 0.29) is 6.04 Å². The minimum Gasteiger partial charge on any atom is -0.493 e. The highest BCUT2D eigenvalue weighted by atomic mass is 16.5. The van der Waals surface area contributed by atoms with E-state index in [0.29, 0.717) is 11.8 Å². The van der Waals surface area contributed by atoms with Crippen LogP contribution in [0.2, 0.25) is 0 Å². The molecule has 164 valence electrons. The highest BCUT2D eigenvalue weighted by Gasteiger charge is 2.19. The van der Waals surface area contributed by atoms with Gasteiger partial charge in [-0.05, 0) is 62.4 Å². The number of methoxy groups -OCH3 is 1. The maximum absolute atomic E-state index is 5.77. The van der Waals surface area contributed by atoms with Gasteiger partial charge in [0.1, 0.15) is 5.75 Å². The predicted octanol–water partition coefficient (Wildman–Crippen LogP) is 3.31. The van der Waals surface area contributed by atoms with Gasteiger partial charge in [-0.2, -0.15) is 0 Å². The number of piperidine rings is 1. The number of likely N-dealkylation sites (tertiary alicyclic amines) is 1. The predicted molar refractivity (Wildman–Crippen MR) is 121 cm³/mol. The Kier molecular flexibility index (Phi) is 10.3. The van der Waals surface area contributed by atoms with Crippen LogP contribution in [0.3, 0.4) is 0 Å². The summed E-state index contributed by atoms with van der Waals surface area (Å²) in [6.07, 6.45) is 2.45. The summed E-state index contributed by atoms with van der Waals surface area (Å²) in [4.78, 5) is 6.89. The number of benzene rings is 1. The van der Waals surface area contributed by atoms with Crippen molar-refractivity contribution in [3.05, 3.63) is 29.8 Å². The van der Waals surface area contributed by atoms with Gasteiger partial charge in [-0.25, -0.2) is 0 Å². The molecule has 0 aromatic heterocycles. The van der Waals surface area contributed by atoms with E-state index >= 15 is 0 Å². The number of nitrogens with zero attached hydrogens (tertiary/aromatic N) is 2. The van der Waals surface area contributed by atoms with Gasteiger partial charge in [0.05, 0.1) is 19.3 Å². The molecule has 2 rings (SSSR count). The van der Waals surface area contributed by atoms with Crippen LogP contribution in [0.25, 0.3) is 0 Å². The van der Waals surface area contributed by atoms with Crippen LogP contribution in [-0.2, 0) is 4.74 Å². The Morgan fingerprint density at radius 3 is 2.45 bits per heavy atom. The molecule has 6 nitrogen and oxygen atoms in total. The van der Waals surface area contributed by atoms with Crippen LogP contribution in [0, 0.1) is 11.8 Å². The summed E-state index contributed by atoms with van der Waals surface area (Å²) in [7, 11) is 3.60. The smallest absolute Gasteiger partial charge is 0.191 e. The van der Waals surface area contributed by atoms with Gasteiger partial charge >= 0.3 is 0 Å². The quantitative estimate of drug-likeness (QED) is 0.463. The molecular weight excluding hydrogens is 364 g/mol. The molecule has 1 heterocycles. The Hall–Kier alpha value is -1.79. The largest absolute Gasteiger partial charge is 0.493 e. The Balaban J connectivity index is 1.74. The minimum atomic E-state index is 0.177. The van der Waals surface area contributed by atoms with Crippen molar-refractivity contribution in [1.29, 1.82) is 0 Å². The molecular formula is C23H40N4O2. The van der Waals surface area contributed by atoms with E-state index in [1.54, 1.807) is 7.11 Å². The van der Waals surface area contributed by atoms with Gasteiger partial charge in [0.25, 0.3) is 0 Å². The summed E-state index contributed by atoms with van der Waals surface area (Å²) in [6.45, 7) is 12.4. The number of hydrogen-bond donors (Lipinski definition) is 2. The molecule has 0 bridgehead atoms. The lowest BCUT2D eigenvalue weighted by Crippen LogP contribution is -2.43. The third kappa shape index (κ3) is 8.62. The van der Waals surface area contributed by atoms with Gasteiger partial charge in [-0.1, -0.05) is 26.0 Å². The van der Waals surface area contributed by atoms with Gasteiger partial charge < -0.3 is 25.0 Å². The number of guanidine groups is 1. The maximum atomic E-state index is 5.77. The summed E-state index contributed by atoms with van der Waals surface area (Å²) in [6, 6.07) is 8.51. The molecule has 1 aliphatic heterocycles. The van der Waals surface area contributed by atoms with E-state index in [0.717, 1.165) is 51.1 Å². The first-order chi connectivity index (χ1) is 14.0. The van der Waals surface area contributed by atoms with Crippen LogP contribution >= 0.6 is 0 Å². The lowest BCUT2D eigenvalue weighted by molar-refractivity contribution is 0.121. The van der Waals surface area contributed by atoms with Crippen LogP contribution in [0.4, 0.5) is 0 Å². The third-order valence-electron chi connectivity index (χ3n) is 5.42. The lowest BCUT2D eigenvalue weighted by atomic mass is 9.97. The molecule has 1 aromatic carbocycles. The van der Waals surface area contributed by atoms with E-state index in [1.807, 2.05) is 19.2 Å². The van der Waals surface area contributed by atoms with Gasteiger partial charge in [-0.3, -0.25) is 4.99 Å². The number of hydrogen-bond acceptors (Lipinski definition) is 4. The zero-order valence-electron chi connectivity index (χ0n) is 18.9. The molecule has 1 unspecified atom stereocenters. The second-order valence-corrected chi connectivity index (χ2v) is 8.37. The van der Waals surface area contributed by atoms with E-state index in [4.69, 9.17) is 9.47 Å². The Morgan fingerprint density at radius 2 is 1.86 bits per heavy atom. The molecule has 0 radical (unpaired) electrons. The van der Waals surface area contributed by atoms with Crippen LogP contribution < -0.4 is 15.4 Å². The topological polar surface area (TPSA) is 58.1 Å². The molecule has 6 heteroatoms. The van der Waals surface area contributed by atoms with E-state index < -0.39 is 0 Å². The van der Waals surface area contributed by atoms with E-state index in [9.17, 15) is 0 Å². The highest BCUT2D eigenvalue weighted by Crippen LogP contribution is 2.19. The van der Waals surface area contributed by atoms with Crippen molar-refractivity contribution in [3.63, 3.8) is 0 Å². The van der Waals surface area contributed by atoms with Gasteiger partial charge in [-0.15, -0.1) is 0 Å². The number of rotatable bonds is 10. The fraction of sp³-hybridized carbons (Fsp3) is 0.696. The molecule has 2 N–H and O–H groups in total. The third-order valence-corrected chi connectivity index (χ3v) is 5.42. The van der Waals surface area contributed by atoms with Crippen molar-refractivity contribution in [2.24, 2.45) is 16.8 Å². The highest BCUT2D eigenvalue weighted by molar-refractivity contribution is 5.80. The standard InChI is InChI=1S/C23H40N4O2/c1-18(2)17-29-22-8-6-21(7-9-22)19(3)26-23(24-4)25-16-20-10-12-27(13-11-20)14-15-28-5/h6-9,18-20H,10-17H2,1-5H3,(H2,24,25,26). The number of aliphatic imine (C=N–C) groups is 1. The van der Waals surface area contributed by atoms with Gasteiger partial charge in [0, 0.05) is 27.2 Å². The van der Waals surface area contributed by atoms with Crippen molar-refractivity contribution in [3.8, 4) is 5.75 Å². The first-order valence-electron chi connectivity index (χ1n) is 10.9. The SMILES string of the molecule is CN=C(NCC1CCN(CCOC)CC1)NC(C)c1ccc(OCC(C)C)cc1. The molecule has 29 heavy (non-hydrogen) atoms. The number of ether oxygens (including phenoxy) is 2. The first-order valence-corrected chi connectivity index (χ1v) is 10.9. The Bertz CT molecular complexity index is 595. The molecule has 1 aliphatic rings. The van der Waals surface area contributed by atoms with Gasteiger partial charge in [0.15, 0.2) is 5.96 Å². The molecule has 1 saturated heterocycles. The summed E-state index contributed by atoms with van der Waals surface area (Å²) >= 11 is 0. The molecule has 0 spiro atoms. The Morgan fingerprint density at radius 1 is 1.17 bits per heavy atom. The summed E-state index contributed by atoms with van der Waals surface area (Å²) in [5.41, 5.74) is 1.22. The van der Waals surface area contributed by atoms with Crippen LogP contribution in [0.1, 0.15) is 45.2 Å². The maximum Gasteiger partial charge on any atom is 0.191 e. The first kappa shape index (κ1) is 23.5. The molecule has 1 atom stereocenters. The van der Waals surface area contributed by atoms with Crippen LogP contribution in [0.5, 0.6) is 5.75 Å². The van der Waals surface area contributed by atoms with Crippen molar-refractivity contribution in [2.45, 2.75) is 39.7 Å². The monoisotopic (exact) mass is 404 g/mol. The molecule has 1 fully saturated rings. The minimum absolute atomic E-state index is 0.177. The lowest BCUT2D eigenvalue weighted by Gasteiger charge is -2.32. The van der Waals surface area contributed by atoms with Crippen molar-refractivity contribution >= 4 is 5.96 Å². The van der Waals surface area contributed by atoms with Crippen molar-refractivity contribution in [2.75, 3.05) is 53.6 Å². The zero-order valence-corrected chi connectivity index (χ0v) is 18.9. The normalized spacial score (nSPS) is 17.4. The molecule has 0 saturated carbocycles. The van der Waals surface area contributed by atoms with Crippen molar-refractivity contribution in [1.82, 2.24) is 15.5 Å². The Labute approximate surface area is 177 Å². The second kappa shape index (κ2) is 12.7. The number of nitrogens with one attached hydrogen (secondary N) is 2. The summed E-state index contributed by atoms with van der Waals surface area (Å²) in [5, 5.41) is 7.01. The fourth-order valence-corrected chi connectivity index (χ4v) is 3.47. The van der Waals surface area contributed by atoms with Gasteiger partial charge in [0.2, 0.25) is 0 Å². The molecule has 0 amide bonds. The van der Waals surface area contributed by atoms with Crippen LogP contribution in [0.15, 0.2) is 29.3 Å². The van der Waals surface area contributed by atoms with Crippen LogP contribution in [-0.4, -0.2) is 64.4 Å². The average molecular weight is 405 g/mol. The molecule has 0 aliphatic carbocycles. The van der Waals surface area contributed by atoms with E-state index in [1.165, 1.54) is 18.4 Å². The molecule has 1 aromatic rings. The average Bonchev–Trinajstić information content (AvgIpc) is 2.74. The zero-order chi connectivity index (χ0) is 21.1. The van der Waals surface area contributed by atoms with E-state index in [2.05, 4.69) is 53.4 Å². The summed E-state index contributed by atoms with van der Waals surface area (Å²) < 4.78 is 11.0.